The lowest BCUT2D eigenvalue weighted by atomic mass is 9.80. The van der Waals surface area contributed by atoms with Gasteiger partial charge in [0, 0.05) is 31.0 Å². The standard InChI is InChI=1S/C14H20N6O/c1-10(2)20-4-3-16-13(20)14(21)18-12-5-11(6-12)7-19-9-15-8-17-19/h3-4,8-12H,5-7H2,1-2H3,(H,18,21). The summed E-state index contributed by atoms with van der Waals surface area (Å²) in [5.74, 6) is 0.962. The molecule has 0 saturated heterocycles. The van der Waals surface area contributed by atoms with Gasteiger partial charge in [-0.25, -0.2) is 9.97 Å². The van der Waals surface area contributed by atoms with Crippen LogP contribution in [0.3, 0.4) is 0 Å². The molecule has 1 aliphatic rings. The Balaban J connectivity index is 1.50. The van der Waals surface area contributed by atoms with E-state index in [-0.39, 0.29) is 18.0 Å². The van der Waals surface area contributed by atoms with Crippen LogP contribution in [0.5, 0.6) is 0 Å². The molecule has 1 aliphatic carbocycles. The molecule has 2 aromatic heterocycles. The molecule has 2 heterocycles. The number of nitrogens with one attached hydrogen (secondary N) is 1. The summed E-state index contributed by atoms with van der Waals surface area (Å²) in [6.07, 6.45) is 8.74. The van der Waals surface area contributed by atoms with E-state index < -0.39 is 0 Å². The van der Waals surface area contributed by atoms with Gasteiger partial charge in [-0.15, -0.1) is 0 Å². The highest BCUT2D eigenvalue weighted by Gasteiger charge is 2.31. The second-order valence-corrected chi connectivity index (χ2v) is 5.88. The summed E-state index contributed by atoms with van der Waals surface area (Å²) in [6.45, 7) is 4.94. The van der Waals surface area contributed by atoms with Gasteiger partial charge >= 0.3 is 0 Å². The van der Waals surface area contributed by atoms with Gasteiger partial charge in [-0.1, -0.05) is 0 Å². The van der Waals surface area contributed by atoms with Gasteiger partial charge in [0.15, 0.2) is 5.82 Å². The Bertz CT molecular complexity index is 597. The number of rotatable bonds is 5. The summed E-state index contributed by atoms with van der Waals surface area (Å²) in [5, 5.41) is 7.16. The first-order valence-corrected chi connectivity index (χ1v) is 7.29. The van der Waals surface area contributed by atoms with Crippen molar-refractivity contribution in [2.75, 3.05) is 0 Å². The lowest BCUT2D eigenvalue weighted by molar-refractivity contribution is 0.0863. The lowest BCUT2D eigenvalue weighted by Crippen LogP contribution is -2.46. The van der Waals surface area contributed by atoms with Crippen LogP contribution in [0.4, 0.5) is 0 Å². The lowest BCUT2D eigenvalue weighted by Gasteiger charge is -2.35. The van der Waals surface area contributed by atoms with Crippen LogP contribution < -0.4 is 5.32 Å². The molecule has 0 radical (unpaired) electrons. The number of nitrogens with zero attached hydrogens (tertiary/aromatic N) is 5. The SMILES string of the molecule is CC(C)n1ccnc1C(=O)NC1CC(Cn2cncn2)C1. The van der Waals surface area contributed by atoms with E-state index in [0.29, 0.717) is 11.7 Å². The molecule has 0 atom stereocenters. The first-order valence-electron chi connectivity index (χ1n) is 7.29. The topological polar surface area (TPSA) is 77.6 Å². The molecule has 1 N–H and O–H groups in total. The van der Waals surface area contributed by atoms with Gasteiger partial charge in [-0.2, -0.15) is 5.10 Å². The highest BCUT2D eigenvalue weighted by atomic mass is 16.2. The minimum absolute atomic E-state index is 0.0853. The number of carbonyl (C=O) groups is 1. The molecule has 0 aromatic carbocycles. The summed E-state index contributed by atoms with van der Waals surface area (Å²) < 4.78 is 3.73. The van der Waals surface area contributed by atoms with Crippen molar-refractivity contribution in [3.05, 3.63) is 30.9 Å². The molecule has 3 rings (SSSR count). The maximum Gasteiger partial charge on any atom is 0.287 e. The Morgan fingerprint density at radius 3 is 2.95 bits per heavy atom. The van der Waals surface area contributed by atoms with E-state index in [9.17, 15) is 4.79 Å². The average molecular weight is 288 g/mol. The van der Waals surface area contributed by atoms with Crippen molar-refractivity contribution in [1.82, 2.24) is 29.6 Å². The predicted molar refractivity (Wildman–Crippen MR) is 76.6 cm³/mol. The number of hydrogen-bond donors (Lipinski definition) is 1. The monoisotopic (exact) mass is 288 g/mol. The molecule has 1 saturated carbocycles. The van der Waals surface area contributed by atoms with Gasteiger partial charge < -0.3 is 9.88 Å². The Hall–Kier alpha value is -2.18. The number of imidazole rings is 1. The Morgan fingerprint density at radius 1 is 1.48 bits per heavy atom. The Morgan fingerprint density at radius 2 is 2.29 bits per heavy atom. The fraction of sp³-hybridized carbons (Fsp3) is 0.571. The van der Waals surface area contributed by atoms with Gasteiger partial charge in [0.05, 0.1) is 0 Å². The van der Waals surface area contributed by atoms with Crippen molar-refractivity contribution < 1.29 is 4.79 Å². The highest BCUT2D eigenvalue weighted by molar-refractivity contribution is 5.91. The van der Waals surface area contributed by atoms with E-state index in [1.54, 1.807) is 18.9 Å². The van der Waals surface area contributed by atoms with Crippen molar-refractivity contribution in [1.29, 1.82) is 0 Å². The van der Waals surface area contributed by atoms with E-state index in [1.165, 1.54) is 0 Å². The Kier molecular flexibility index (Phi) is 3.72. The van der Waals surface area contributed by atoms with Crippen LogP contribution in [0.25, 0.3) is 0 Å². The molecule has 1 amide bonds. The molecular weight excluding hydrogens is 268 g/mol. The zero-order chi connectivity index (χ0) is 14.8. The summed E-state index contributed by atoms with van der Waals surface area (Å²) in [4.78, 5) is 20.3. The first kappa shape index (κ1) is 13.8. The summed E-state index contributed by atoms with van der Waals surface area (Å²) >= 11 is 0. The van der Waals surface area contributed by atoms with Crippen molar-refractivity contribution in [2.45, 2.75) is 45.3 Å². The minimum atomic E-state index is -0.0853. The zero-order valence-electron chi connectivity index (χ0n) is 12.3. The van der Waals surface area contributed by atoms with Gasteiger partial charge in [-0.05, 0) is 32.6 Å². The van der Waals surface area contributed by atoms with E-state index in [2.05, 4.69) is 20.4 Å². The fourth-order valence-corrected chi connectivity index (χ4v) is 2.75. The summed E-state index contributed by atoms with van der Waals surface area (Å²) in [7, 11) is 0. The molecule has 0 aliphatic heterocycles. The van der Waals surface area contributed by atoms with Gasteiger partial charge in [0.1, 0.15) is 12.7 Å². The molecule has 7 nitrogen and oxygen atoms in total. The molecule has 0 bridgehead atoms. The number of carbonyl (C=O) groups excluding carboxylic acids is 1. The predicted octanol–water partition coefficient (Wildman–Crippen LogP) is 1.26. The van der Waals surface area contributed by atoms with Gasteiger partial charge in [0.2, 0.25) is 0 Å². The zero-order valence-corrected chi connectivity index (χ0v) is 12.3. The van der Waals surface area contributed by atoms with Crippen LogP contribution in [0.15, 0.2) is 25.0 Å². The van der Waals surface area contributed by atoms with Crippen molar-refractivity contribution in [3.8, 4) is 0 Å². The van der Waals surface area contributed by atoms with Crippen LogP contribution in [-0.4, -0.2) is 36.3 Å². The normalized spacial score (nSPS) is 21.3. The number of aromatic nitrogens is 5. The molecular formula is C14H20N6O. The summed E-state index contributed by atoms with van der Waals surface area (Å²) in [5.41, 5.74) is 0. The number of hydrogen-bond acceptors (Lipinski definition) is 4. The summed E-state index contributed by atoms with van der Waals surface area (Å²) in [6, 6.07) is 0.470. The van der Waals surface area contributed by atoms with Gasteiger partial charge in [0.25, 0.3) is 5.91 Å². The smallest absolute Gasteiger partial charge is 0.287 e. The van der Waals surface area contributed by atoms with E-state index in [0.717, 1.165) is 19.4 Å². The minimum Gasteiger partial charge on any atom is -0.347 e. The molecule has 21 heavy (non-hydrogen) atoms. The van der Waals surface area contributed by atoms with Crippen molar-refractivity contribution >= 4 is 5.91 Å². The van der Waals surface area contributed by atoms with Crippen LogP contribution in [0, 0.1) is 5.92 Å². The second kappa shape index (κ2) is 5.67. The molecule has 112 valence electrons. The van der Waals surface area contributed by atoms with Gasteiger partial charge in [-0.3, -0.25) is 9.48 Å². The molecule has 0 unspecified atom stereocenters. The Labute approximate surface area is 123 Å². The van der Waals surface area contributed by atoms with E-state index in [4.69, 9.17) is 0 Å². The van der Waals surface area contributed by atoms with Crippen LogP contribution >= 0.6 is 0 Å². The average Bonchev–Trinajstić information content (AvgIpc) is 3.06. The molecule has 1 fully saturated rings. The quantitative estimate of drug-likeness (QED) is 0.898. The maximum absolute atomic E-state index is 12.2. The molecule has 2 aromatic rings. The van der Waals surface area contributed by atoms with Crippen molar-refractivity contribution in [3.63, 3.8) is 0 Å². The highest BCUT2D eigenvalue weighted by Crippen LogP contribution is 2.28. The molecule has 7 heteroatoms. The third-order valence-corrected chi connectivity index (χ3v) is 3.91. The number of amides is 1. The third-order valence-electron chi connectivity index (χ3n) is 3.91. The van der Waals surface area contributed by atoms with Crippen molar-refractivity contribution in [2.24, 2.45) is 5.92 Å². The fourth-order valence-electron chi connectivity index (χ4n) is 2.75. The first-order chi connectivity index (χ1) is 10.1. The van der Waals surface area contributed by atoms with E-state index >= 15 is 0 Å². The maximum atomic E-state index is 12.2. The van der Waals surface area contributed by atoms with E-state index in [1.807, 2.05) is 29.3 Å². The second-order valence-electron chi connectivity index (χ2n) is 5.88. The van der Waals surface area contributed by atoms with Crippen LogP contribution in [0.1, 0.15) is 43.3 Å². The van der Waals surface area contributed by atoms with Crippen LogP contribution in [-0.2, 0) is 6.54 Å². The molecule has 0 spiro atoms. The van der Waals surface area contributed by atoms with Crippen LogP contribution in [0.2, 0.25) is 0 Å². The third kappa shape index (κ3) is 2.96. The largest absolute Gasteiger partial charge is 0.347 e.